The molecule has 0 spiro atoms. The van der Waals surface area contributed by atoms with E-state index in [-0.39, 0.29) is 0 Å². The third-order valence-corrected chi connectivity index (χ3v) is 4.33. The average Bonchev–Trinajstić information content (AvgIpc) is 3.09. The number of thioether (sulfide) groups is 1. The molecule has 0 aliphatic rings. The first-order chi connectivity index (χ1) is 12.2. The van der Waals surface area contributed by atoms with Gasteiger partial charge in [0.25, 0.3) is 0 Å². The summed E-state index contributed by atoms with van der Waals surface area (Å²) in [5.74, 6) is 3.40. The quantitative estimate of drug-likeness (QED) is 0.310. The number of aryl methyl sites for hydroxylation is 1. The number of nitrogens with one attached hydrogen (secondary N) is 2. The zero-order chi connectivity index (χ0) is 17.9. The molecule has 2 rings (SSSR count). The molecule has 1 heterocycles. The molecule has 0 atom stereocenters. The first kappa shape index (κ1) is 19.1. The number of nitrogens with zero attached hydrogens (tertiary/aromatic N) is 2. The van der Waals surface area contributed by atoms with Gasteiger partial charge >= 0.3 is 0 Å². The van der Waals surface area contributed by atoms with E-state index in [0.717, 1.165) is 41.8 Å². The van der Waals surface area contributed by atoms with Crippen LogP contribution in [0.1, 0.15) is 18.2 Å². The van der Waals surface area contributed by atoms with Crippen LogP contribution in [0.3, 0.4) is 0 Å². The summed E-state index contributed by atoms with van der Waals surface area (Å²) in [6.07, 6.45) is 3.59. The molecule has 0 bridgehead atoms. The number of benzene rings is 1. The van der Waals surface area contributed by atoms with Crippen LogP contribution in [0.15, 0.2) is 52.6 Å². The Morgan fingerprint density at radius 1 is 1.32 bits per heavy atom. The van der Waals surface area contributed by atoms with Gasteiger partial charge in [-0.2, -0.15) is 11.8 Å². The highest BCUT2D eigenvalue weighted by Gasteiger charge is 2.06. The van der Waals surface area contributed by atoms with E-state index >= 15 is 0 Å². The van der Waals surface area contributed by atoms with E-state index < -0.39 is 0 Å². The number of rotatable bonds is 9. The van der Waals surface area contributed by atoms with Crippen LogP contribution in [0.4, 0.5) is 0 Å². The van der Waals surface area contributed by atoms with Crippen molar-refractivity contribution >= 4 is 17.7 Å². The molecule has 0 aliphatic heterocycles. The molecular weight excluding hydrogens is 332 g/mol. The molecule has 0 saturated carbocycles. The third kappa shape index (κ3) is 6.66. The molecule has 5 nitrogen and oxygen atoms in total. The van der Waals surface area contributed by atoms with Crippen molar-refractivity contribution in [2.24, 2.45) is 4.99 Å². The van der Waals surface area contributed by atoms with Gasteiger partial charge < -0.3 is 15.1 Å². The lowest BCUT2D eigenvalue weighted by molar-refractivity contribution is 0.572. The van der Waals surface area contributed by atoms with Crippen LogP contribution < -0.4 is 10.6 Å². The number of oxazole rings is 1. The first-order valence-electron chi connectivity index (χ1n) is 8.45. The minimum Gasteiger partial charge on any atom is -0.444 e. The fourth-order valence-electron chi connectivity index (χ4n) is 2.12. The molecule has 0 saturated heterocycles. The fraction of sp³-hybridized carbons (Fsp3) is 0.368. The lowest BCUT2D eigenvalue weighted by Crippen LogP contribution is -2.38. The van der Waals surface area contributed by atoms with Gasteiger partial charge in [0.1, 0.15) is 12.0 Å². The summed E-state index contributed by atoms with van der Waals surface area (Å²) in [5, 5.41) is 6.56. The van der Waals surface area contributed by atoms with E-state index in [9.17, 15) is 0 Å². The Morgan fingerprint density at radius 3 is 2.84 bits per heavy atom. The zero-order valence-corrected chi connectivity index (χ0v) is 15.7. The normalized spacial score (nSPS) is 11.4. The van der Waals surface area contributed by atoms with Gasteiger partial charge in [0.05, 0.1) is 6.54 Å². The first-order valence-corrected chi connectivity index (χ1v) is 9.60. The average molecular weight is 359 g/mol. The van der Waals surface area contributed by atoms with Crippen molar-refractivity contribution < 1.29 is 4.42 Å². The highest BCUT2D eigenvalue weighted by Crippen LogP contribution is 2.19. The van der Waals surface area contributed by atoms with Crippen LogP contribution in [0.5, 0.6) is 0 Å². The van der Waals surface area contributed by atoms with Crippen LogP contribution in [0.2, 0.25) is 0 Å². The van der Waals surface area contributed by atoms with Gasteiger partial charge in [0.15, 0.2) is 5.96 Å². The maximum atomic E-state index is 5.57. The number of hydrogen-bond acceptors (Lipinski definition) is 4. The van der Waals surface area contributed by atoms with Crippen molar-refractivity contribution in [3.8, 4) is 11.5 Å². The third-order valence-electron chi connectivity index (χ3n) is 3.37. The van der Waals surface area contributed by atoms with Crippen molar-refractivity contribution in [1.82, 2.24) is 15.6 Å². The van der Waals surface area contributed by atoms with Crippen molar-refractivity contribution in [3.63, 3.8) is 0 Å². The molecule has 25 heavy (non-hydrogen) atoms. The Kier molecular flexibility index (Phi) is 8.12. The largest absolute Gasteiger partial charge is 0.444 e. The molecule has 6 heteroatoms. The van der Waals surface area contributed by atoms with Gasteiger partial charge in [0.2, 0.25) is 5.89 Å². The summed E-state index contributed by atoms with van der Waals surface area (Å²) < 4.78 is 5.57. The molecular formula is C19H26N4OS. The molecule has 2 aromatic rings. The van der Waals surface area contributed by atoms with Crippen molar-refractivity contribution in [3.05, 3.63) is 54.4 Å². The summed E-state index contributed by atoms with van der Waals surface area (Å²) in [5.41, 5.74) is 3.01. The van der Waals surface area contributed by atoms with Gasteiger partial charge in [0, 0.05) is 30.2 Å². The molecule has 1 aromatic carbocycles. The molecule has 0 radical (unpaired) electrons. The predicted octanol–water partition coefficient (Wildman–Crippen LogP) is 3.62. The Balaban J connectivity index is 1.91. The highest BCUT2D eigenvalue weighted by molar-refractivity contribution is 7.99. The summed E-state index contributed by atoms with van der Waals surface area (Å²) in [4.78, 5) is 9.08. The Morgan fingerprint density at radius 2 is 2.12 bits per heavy atom. The lowest BCUT2D eigenvalue weighted by Gasteiger charge is -2.10. The monoisotopic (exact) mass is 358 g/mol. The van der Waals surface area contributed by atoms with Crippen LogP contribution in [-0.2, 0) is 6.54 Å². The smallest absolute Gasteiger partial charge is 0.226 e. The second-order valence-corrected chi connectivity index (χ2v) is 6.65. The lowest BCUT2D eigenvalue weighted by atomic mass is 10.1. The number of guanidine groups is 1. The van der Waals surface area contributed by atoms with E-state index in [1.165, 1.54) is 5.56 Å². The van der Waals surface area contributed by atoms with E-state index in [2.05, 4.69) is 53.2 Å². The SMILES string of the molecule is C=CCSCCNC(=NCc1coc(-c2ccc(C)cc2)n1)NCC. The van der Waals surface area contributed by atoms with Crippen molar-refractivity contribution in [2.75, 3.05) is 24.6 Å². The summed E-state index contributed by atoms with van der Waals surface area (Å²) in [7, 11) is 0. The van der Waals surface area contributed by atoms with Crippen LogP contribution in [0.25, 0.3) is 11.5 Å². The van der Waals surface area contributed by atoms with Crippen molar-refractivity contribution in [2.45, 2.75) is 20.4 Å². The molecule has 0 amide bonds. The second-order valence-electron chi connectivity index (χ2n) is 5.50. The summed E-state index contributed by atoms with van der Waals surface area (Å²) >= 11 is 1.84. The Bertz CT molecular complexity index is 679. The van der Waals surface area contributed by atoms with E-state index in [0.29, 0.717) is 12.4 Å². The Hall–Kier alpha value is -2.21. The van der Waals surface area contributed by atoms with Crippen molar-refractivity contribution in [1.29, 1.82) is 0 Å². The van der Waals surface area contributed by atoms with Gasteiger partial charge in [-0.1, -0.05) is 23.8 Å². The summed E-state index contributed by atoms with van der Waals surface area (Å²) in [6, 6.07) is 8.13. The summed E-state index contributed by atoms with van der Waals surface area (Å²) in [6.45, 7) is 9.99. The number of aromatic nitrogens is 1. The minimum atomic E-state index is 0.477. The molecule has 134 valence electrons. The molecule has 0 fully saturated rings. The van der Waals surface area contributed by atoms with E-state index in [1.54, 1.807) is 6.26 Å². The number of hydrogen-bond donors (Lipinski definition) is 2. The topological polar surface area (TPSA) is 62.5 Å². The second kappa shape index (κ2) is 10.6. The van der Waals surface area contributed by atoms with E-state index in [1.807, 2.05) is 30.0 Å². The van der Waals surface area contributed by atoms with Gasteiger partial charge in [-0.3, -0.25) is 0 Å². The molecule has 2 N–H and O–H groups in total. The zero-order valence-electron chi connectivity index (χ0n) is 14.9. The number of aliphatic imine (C=N–C) groups is 1. The maximum Gasteiger partial charge on any atom is 0.226 e. The van der Waals surface area contributed by atoms with Gasteiger partial charge in [-0.05, 0) is 26.0 Å². The van der Waals surface area contributed by atoms with Gasteiger partial charge in [-0.15, -0.1) is 6.58 Å². The highest BCUT2D eigenvalue weighted by atomic mass is 32.2. The predicted molar refractivity (Wildman–Crippen MR) is 107 cm³/mol. The molecule has 0 aliphatic carbocycles. The maximum absolute atomic E-state index is 5.57. The standard InChI is InChI=1S/C19H26N4OS/c1-4-11-25-12-10-21-19(20-5-2)22-13-17-14-24-18(23-17)16-8-6-15(3)7-9-16/h4,6-9,14H,1,5,10-13H2,2-3H3,(H2,20,21,22). The van der Waals surface area contributed by atoms with Gasteiger partial charge in [-0.25, -0.2) is 9.98 Å². The van der Waals surface area contributed by atoms with Crippen LogP contribution in [-0.4, -0.2) is 35.5 Å². The van der Waals surface area contributed by atoms with Crippen LogP contribution >= 0.6 is 11.8 Å². The minimum absolute atomic E-state index is 0.477. The van der Waals surface area contributed by atoms with Crippen LogP contribution in [0, 0.1) is 6.92 Å². The fourth-order valence-corrected chi connectivity index (χ4v) is 2.70. The molecule has 1 aromatic heterocycles. The molecule has 0 unspecified atom stereocenters. The Labute approximate surface area is 154 Å². The van der Waals surface area contributed by atoms with E-state index in [4.69, 9.17) is 4.42 Å².